The van der Waals surface area contributed by atoms with Crippen molar-refractivity contribution in [1.82, 2.24) is 5.32 Å². The van der Waals surface area contributed by atoms with Gasteiger partial charge >= 0.3 is 0 Å². The summed E-state index contributed by atoms with van der Waals surface area (Å²) >= 11 is 0. The van der Waals surface area contributed by atoms with Crippen molar-refractivity contribution in [1.29, 1.82) is 0 Å². The van der Waals surface area contributed by atoms with Crippen LogP contribution >= 0.6 is 0 Å². The van der Waals surface area contributed by atoms with Crippen LogP contribution in [0, 0.1) is 0 Å². The summed E-state index contributed by atoms with van der Waals surface area (Å²) in [4.78, 5) is 29.2. The van der Waals surface area contributed by atoms with Crippen LogP contribution < -0.4 is 5.32 Å². The first-order chi connectivity index (χ1) is 6.20. The van der Waals surface area contributed by atoms with Gasteiger partial charge in [0.2, 0.25) is 0 Å². The zero-order valence-corrected chi connectivity index (χ0v) is 8.16. The molecule has 0 spiro atoms. The molecule has 0 aliphatic carbocycles. The summed E-state index contributed by atoms with van der Waals surface area (Å²) in [5.41, 5.74) is 0. The first-order valence-electron chi connectivity index (χ1n) is 4.17. The highest BCUT2D eigenvalue weighted by Gasteiger charge is 2.06. The Hall–Kier alpha value is -1.45. The molecule has 0 saturated heterocycles. The van der Waals surface area contributed by atoms with Gasteiger partial charge < -0.3 is 4.79 Å². The number of carbonyl (C=O) groups is 3. The monoisotopic (exact) mass is 185 g/mol. The molecule has 74 valence electrons. The van der Waals surface area contributed by atoms with E-state index < -0.39 is 0 Å². The van der Waals surface area contributed by atoms with E-state index in [0.717, 1.165) is 6.29 Å². The van der Waals surface area contributed by atoms with Crippen molar-refractivity contribution < 1.29 is 14.4 Å². The van der Waals surface area contributed by atoms with E-state index in [1.807, 2.05) is 26.1 Å². The number of carbonyl (C=O) groups excluding carboxylic acids is 3. The van der Waals surface area contributed by atoms with Gasteiger partial charge in [-0.05, 0) is 0 Å². The largest absolute Gasteiger partial charge is 0.303 e. The van der Waals surface area contributed by atoms with Crippen molar-refractivity contribution in [3.8, 4) is 0 Å². The third kappa shape index (κ3) is 10.6. The van der Waals surface area contributed by atoms with Crippen molar-refractivity contribution >= 4 is 18.1 Å². The summed E-state index contributed by atoms with van der Waals surface area (Å²) < 4.78 is 0. The molecule has 0 atom stereocenters. The second-order valence-electron chi connectivity index (χ2n) is 1.76. The number of nitrogens with one attached hydrogen (secondary N) is 1. The molecule has 1 rings (SSSR count). The van der Waals surface area contributed by atoms with Gasteiger partial charge in [-0.3, -0.25) is 14.9 Å². The van der Waals surface area contributed by atoms with Gasteiger partial charge in [-0.25, -0.2) is 0 Å². The van der Waals surface area contributed by atoms with E-state index in [-0.39, 0.29) is 11.8 Å². The van der Waals surface area contributed by atoms with E-state index in [1.54, 1.807) is 0 Å². The molecule has 2 amide bonds. The average molecular weight is 185 g/mol. The summed E-state index contributed by atoms with van der Waals surface area (Å²) in [5, 5.41) is 2.03. The van der Waals surface area contributed by atoms with Gasteiger partial charge in [0, 0.05) is 18.6 Å². The molecular weight excluding hydrogens is 170 g/mol. The normalized spacial score (nSPS) is 11.9. The average Bonchev–Trinajstić information content (AvgIpc) is 2.54. The Morgan fingerprint density at radius 3 is 1.62 bits per heavy atom. The minimum atomic E-state index is -0.329. The van der Waals surface area contributed by atoms with E-state index in [2.05, 4.69) is 0 Å². The van der Waals surface area contributed by atoms with Crippen LogP contribution in [0.3, 0.4) is 0 Å². The van der Waals surface area contributed by atoms with Gasteiger partial charge in [-0.1, -0.05) is 20.8 Å². The number of hydrogen-bond donors (Lipinski definition) is 1. The highest BCUT2D eigenvalue weighted by molar-refractivity contribution is 6.12. The molecule has 1 N–H and O–H groups in total. The maximum absolute atomic E-state index is 10.0. The summed E-state index contributed by atoms with van der Waals surface area (Å²) in [5.74, 6) is -0.657. The van der Waals surface area contributed by atoms with Crippen LogP contribution in [-0.4, -0.2) is 18.1 Å². The third-order valence-electron chi connectivity index (χ3n) is 0.799. The maximum Gasteiger partial charge on any atom is 0.250 e. The van der Waals surface area contributed by atoms with E-state index in [0.29, 0.717) is 6.42 Å². The summed E-state index contributed by atoms with van der Waals surface area (Å²) in [6, 6.07) is 0. The fraction of sp³-hybridized carbons (Fsp3) is 0.444. The molecule has 0 aromatic rings. The van der Waals surface area contributed by atoms with Crippen molar-refractivity contribution in [2.75, 3.05) is 0 Å². The van der Waals surface area contributed by atoms with Gasteiger partial charge in [-0.2, -0.15) is 0 Å². The number of rotatable bonds is 1. The first-order valence-corrected chi connectivity index (χ1v) is 4.17. The Bertz CT molecular complexity index is 181. The number of hydrogen-bond acceptors (Lipinski definition) is 3. The lowest BCUT2D eigenvalue weighted by atomic mass is 10.6. The van der Waals surface area contributed by atoms with Gasteiger partial charge in [0.25, 0.3) is 11.8 Å². The van der Waals surface area contributed by atoms with Crippen LogP contribution in [0.2, 0.25) is 0 Å². The van der Waals surface area contributed by atoms with Gasteiger partial charge in [0.05, 0.1) is 0 Å². The molecule has 1 aliphatic rings. The third-order valence-corrected chi connectivity index (χ3v) is 0.799. The van der Waals surface area contributed by atoms with Crippen molar-refractivity contribution in [2.45, 2.75) is 27.2 Å². The van der Waals surface area contributed by atoms with Crippen LogP contribution in [0.4, 0.5) is 0 Å². The van der Waals surface area contributed by atoms with Crippen molar-refractivity contribution in [3.05, 3.63) is 12.2 Å². The molecule has 1 heterocycles. The Kier molecular flexibility index (Phi) is 11.4. The van der Waals surface area contributed by atoms with Crippen LogP contribution in [-0.2, 0) is 14.4 Å². The zero-order chi connectivity index (χ0) is 10.7. The molecule has 0 bridgehead atoms. The number of imide groups is 1. The Balaban J connectivity index is 0. The minimum absolute atomic E-state index is 0.329. The molecule has 13 heavy (non-hydrogen) atoms. The Morgan fingerprint density at radius 2 is 1.54 bits per heavy atom. The van der Waals surface area contributed by atoms with Crippen LogP contribution in [0.1, 0.15) is 27.2 Å². The second kappa shape index (κ2) is 10.6. The predicted octanol–water partition coefficient (Wildman–Crippen LogP) is 0.821. The molecule has 0 radical (unpaired) electrons. The first kappa shape index (κ1) is 14.1. The van der Waals surface area contributed by atoms with Gasteiger partial charge in [0.15, 0.2) is 0 Å². The standard InChI is InChI=1S/C4H3NO2.C3H6O.C2H6/c6-3-1-2-4(7)5-3;1-2-3-4;1-2/h1-2H,(H,5,6,7);3H,2H2,1H3;1-2H3. The zero-order valence-electron chi connectivity index (χ0n) is 8.16. The molecule has 0 aromatic carbocycles. The summed E-state index contributed by atoms with van der Waals surface area (Å²) in [7, 11) is 0. The van der Waals surface area contributed by atoms with Crippen LogP contribution in [0.5, 0.6) is 0 Å². The number of aldehydes is 1. The minimum Gasteiger partial charge on any atom is -0.303 e. The molecule has 0 saturated carbocycles. The highest BCUT2D eigenvalue weighted by atomic mass is 16.2. The molecule has 1 aliphatic heterocycles. The lowest BCUT2D eigenvalue weighted by Crippen LogP contribution is -2.19. The number of amides is 2. The smallest absolute Gasteiger partial charge is 0.250 e. The summed E-state index contributed by atoms with van der Waals surface area (Å²) in [6.45, 7) is 5.81. The van der Waals surface area contributed by atoms with Gasteiger partial charge in [-0.15, -0.1) is 0 Å². The maximum atomic E-state index is 10.0. The lowest BCUT2D eigenvalue weighted by Gasteiger charge is -1.80. The molecule has 0 fully saturated rings. The van der Waals surface area contributed by atoms with E-state index in [4.69, 9.17) is 0 Å². The molecule has 4 nitrogen and oxygen atoms in total. The lowest BCUT2D eigenvalue weighted by molar-refractivity contribution is -0.123. The van der Waals surface area contributed by atoms with Gasteiger partial charge in [0.1, 0.15) is 6.29 Å². The van der Waals surface area contributed by atoms with Crippen molar-refractivity contribution in [3.63, 3.8) is 0 Å². The molecular formula is C9H15NO3. The fourth-order valence-electron chi connectivity index (χ4n) is 0.356. The SMILES string of the molecule is CC.CCC=O.O=C1C=CC(=O)N1. The van der Waals surface area contributed by atoms with E-state index >= 15 is 0 Å². The highest BCUT2D eigenvalue weighted by Crippen LogP contribution is 1.82. The Labute approximate surface area is 78.0 Å². The summed E-state index contributed by atoms with van der Waals surface area (Å²) in [6.07, 6.45) is 3.91. The second-order valence-corrected chi connectivity index (χ2v) is 1.76. The predicted molar refractivity (Wildman–Crippen MR) is 50.0 cm³/mol. The molecule has 4 heteroatoms. The quantitative estimate of drug-likeness (QED) is 0.486. The van der Waals surface area contributed by atoms with Crippen LogP contribution in [0.25, 0.3) is 0 Å². The van der Waals surface area contributed by atoms with E-state index in [9.17, 15) is 14.4 Å². The molecule has 0 aromatic heterocycles. The molecule has 0 unspecified atom stereocenters. The topological polar surface area (TPSA) is 63.2 Å². The van der Waals surface area contributed by atoms with Crippen molar-refractivity contribution in [2.24, 2.45) is 0 Å². The Morgan fingerprint density at radius 1 is 1.23 bits per heavy atom. The van der Waals surface area contributed by atoms with E-state index in [1.165, 1.54) is 12.2 Å². The van der Waals surface area contributed by atoms with Crippen LogP contribution in [0.15, 0.2) is 12.2 Å². The fourth-order valence-corrected chi connectivity index (χ4v) is 0.356.